The first kappa shape index (κ1) is 21.5. The maximum Gasteiger partial charge on any atom is 0.261 e. The predicted molar refractivity (Wildman–Crippen MR) is 107 cm³/mol. The van der Waals surface area contributed by atoms with E-state index >= 15 is 0 Å². The molecule has 1 aromatic carbocycles. The van der Waals surface area contributed by atoms with Crippen LogP contribution >= 0.6 is 0 Å². The normalized spacial score (nSPS) is 18.2. The van der Waals surface area contributed by atoms with E-state index in [1.54, 1.807) is 29.2 Å². The molecule has 1 saturated heterocycles. The van der Waals surface area contributed by atoms with Crippen LogP contribution in [-0.2, 0) is 14.4 Å². The molecule has 2 heterocycles. The number of amides is 5. The van der Waals surface area contributed by atoms with Gasteiger partial charge in [0.15, 0.2) is 0 Å². The van der Waals surface area contributed by atoms with Crippen molar-refractivity contribution >= 4 is 29.5 Å². The minimum atomic E-state index is -0.391. The second kappa shape index (κ2) is 9.06. The molecule has 9 nitrogen and oxygen atoms in total. The highest BCUT2D eigenvalue weighted by Crippen LogP contribution is 2.22. The zero-order valence-corrected chi connectivity index (χ0v) is 17.1. The summed E-state index contributed by atoms with van der Waals surface area (Å²) < 4.78 is 0. The molecule has 0 radical (unpaired) electrons. The van der Waals surface area contributed by atoms with Crippen LogP contribution < -0.4 is 10.6 Å². The Kier molecular flexibility index (Phi) is 6.49. The van der Waals surface area contributed by atoms with E-state index in [0.717, 1.165) is 4.90 Å². The number of carbonyl (C=O) groups excluding carboxylic acids is 5. The Morgan fingerprint density at radius 2 is 1.63 bits per heavy atom. The monoisotopic (exact) mass is 414 g/mol. The number of carbonyl (C=O) groups is 5. The standard InChI is InChI=1S/C21H26N4O5/c1-13(2)25-12-14(11-18(25)27)19(28)23-9-8-22-17(26)7-10-24-20(29)15-5-3-4-6-16(15)21(24)30/h3-6,13-14H,7-12H2,1-2H3,(H,22,26)(H,23,28). The van der Waals surface area contributed by atoms with Crippen LogP contribution in [-0.4, -0.2) is 71.6 Å². The summed E-state index contributed by atoms with van der Waals surface area (Å²) in [6, 6.07) is 6.64. The van der Waals surface area contributed by atoms with Crippen molar-refractivity contribution in [1.82, 2.24) is 20.4 Å². The third kappa shape index (κ3) is 4.50. The van der Waals surface area contributed by atoms with Gasteiger partial charge in [-0.2, -0.15) is 0 Å². The van der Waals surface area contributed by atoms with Crippen LogP contribution in [0.5, 0.6) is 0 Å². The van der Waals surface area contributed by atoms with Crippen LogP contribution in [0.15, 0.2) is 24.3 Å². The molecule has 1 unspecified atom stereocenters. The van der Waals surface area contributed by atoms with Crippen molar-refractivity contribution in [3.63, 3.8) is 0 Å². The lowest BCUT2D eigenvalue weighted by molar-refractivity contribution is -0.129. The Bertz CT molecular complexity index is 847. The van der Waals surface area contributed by atoms with Gasteiger partial charge in [-0.1, -0.05) is 12.1 Å². The maximum atomic E-state index is 12.3. The number of rotatable bonds is 8. The van der Waals surface area contributed by atoms with E-state index in [2.05, 4.69) is 10.6 Å². The lowest BCUT2D eigenvalue weighted by Gasteiger charge is -2.20. The topological polar surface area (TPSA) is 116 Å². The highest BCUT2D eigenvalue weighted by Gasteiger charge is 2.36. The number of hydrogen-bond acceptors (Lipinski definition) is 5. The van der Waals surface area contributed by atoms with Crippen LogP contribution in [0.3, 0.4) is 0 Å². The van der Waals surface area contributed by atoms with Crippen molar-refractivity contribution in [1.29, 1.82) is 0 Å². The number of likely N-dealkylation sites (tertiary alicyclic amines) is 1. The van der Waals surface area contributed by atoms with Crippen LogP contribution in [0.25, 0.3) is 0 Å². The average molecular weight is 414 g/mol. The second-order valence-electron chi connectivity index (χ2n) is 7.74. The Balaban J connectivity index is 1.35. The minimum Gasteiger partial charge on any atom is -0.354 e. The van der Waals surface area contributed by atoms with E-state index in [-0.39, 0.29) is 62.2 Å². The third-order valence-electron chi connectivity index (χ3n) is 5.34. The molecule has 0 saturated carbocycles. The van der Waals surface area contributed by atoms with Crippen molar-refractivity contribution in [2.45, 2.75) is 32.7 Å². The fraction of sp³-hybridized carbons (Fsp3) is 0.476. The van der Waals surface area contributed by atoms with Crippen LogP contribution in [0.4, 0.5) is 0 Å². The van der Waals surface area contributed by atoms with Gasteiger partial charge in [0.1, 0.15) is 0 Å². The summed E-state index contributed by atoms with van der Waals surface area (Å²) in [5, 5.41) is 5.39. The summed E-state index contributed by atoms with van der Waals surface area (Å²) in [5.74, 6) is -1.69. The summed E-state index contributed by atoms with van der Waals surface area (Å²) in [5.41, 5.74) is 0.707. The maximum absolute atomic E-state index is 12.3. The van der Waals surface area contributed by atoms with E-state index in [0.29, 0.717) is 17.7 Å². The van der Waals surface area contributed by atoms with E-state index < -0.39 is 11.8 Å². The Labute approximate surface area is 174 Å². The van der Waals surface area contributed by atoms with Crippen molar-refractivity contribution < 1.29 is 24.0 Å². The molecule has 5 amide bonds. The predicted octanol–water partition coefficient (Wildman–Crippen LogP) is 0.162. The van der Waals surface area contributed by atoms with Crippen molar-refractivity contribution in [2.24, 2.45) is 5.92 Å². The first-order chi connectivity index (χ1) is 14.3. The van der Waals surface area contributed by atoms with Gasteiger partial charge in [-0.05, 0) is 26.0 Å². The lowest BCUT2D eigenvalue weighted by atomic mass is 10.1. The zero-order chi connectivity index (χ0) is 21.8. The molecule has 30 heavy (non-hydrogen) atoms. The average Bonchev–Trinajstić information content (AvgIpc) is 3.22. The van der Waals surface area contributed by atoms with Crippen molar-refractivity contribution in [2.75, 3.05) is 26.2 Å². The number of nitrogens with one attached hydrogen (secondary N) is 2. The van der Waals surface area contributed by atoms with Gasteiger partial charge in [-0.3, -0.25) is 28.9 Å². The van der Waals surface area contributed by atoms with Crippen molar-refractivity contribution in [3.8, 4) is 0 Å². The van der Waals surface area contributed by atoms with Gasteiger partial charge in [-0.15, -0.1) is 0 Å². The van der Waals surface area contributed by atoms with Gasteiger partial charge in [0.25, 0.3) is 11.8 Å². The number of nitrogens with zero attached hydrogens (tertiary/aromatic N) is 2. The fourth-order valence-electron chi connectivity index (χ4n) is 3.68. The molecule has 0 bridgehead atoms. The zero-order valence-electron chi connectivity index (χ0n) is 17.1. The number of hydrogen-bond donors (Lipinski definition) is 2. The molecular weight excluding hydrogens is 388 g/mol. The molecule has 0 aliphatic carbocycles. The van der Waals surface area contributed by atoms with E-state index in [9.17, 15) is 24.0 Å². The van der Waals surface area contributed by atoms with Crippen molar-refractivity contribution in [3.05, 3.63) is 35.4 Å². The molecule has 0 aromatic heterocycles. The molecule has 160 valence electrons. The Morgan fingerprint density at radius 1 is 1.03 bits per heavy atom. The third-order valence-corrected chi connectivity index (χ3v) is 5.34. The summed E-state index contributed by atoms with van der Waals surface area (Å²) in [6.45, 7) is 4.70. The van der Waals surface area contributed by atoms with Gasteiger partial charge in [0.05, 0.1) is 17.0 Å². The van der Waals surface area contributed by atoms with Crippen LogP contribution in [0.1, 0.15) is 47.4 Å². The van der Waals surface area contributed by atoms with Gasteiger partial charge >= 0.3 is 0 Å². The summed E-state index contributed by atoms with van der Waals surface area (Å²) in [7, 11) is 0. The molecular formula is C21H26N4O5. The Morgan fingerprint density at radius 3 is 2.20 bits per heavy atom. The quantitative estimate of drug-likeness (QED) is 0.464. The summed E-state index contributed by atoms with van der Waals surface area (Å²) in [4.78, 5) is 63.4. The highest BCUT2D eigenvalue weighted by molar-refractivity contribution is 6.21. The fourth-order valence-corrected chi connectivity index (χ4v) is 3.68. The number of imide groups is 1. The minimum absolute atomic E-state index is 0.000236. The molecule has 1 fully saturated rings. The highest BCUT2D eigenvalue weighted by atomic mass is 16.2. The smallest absolute Gasteiger partial charge is 0.261 e. The van der Waals surface area contributed by atoms with Crippen LogP contribution in [0.2, 0.25) is 0 Å². The van der Waals surface area contributed by atoms with E-state index in [1.807, 2.05) is 13.8 Å². The first-order valence-corrected chi connectivity index (χ1v) is 10.1. The lowest BCUT2D eigenvalue weighted by Crippen LogP contribution is -2.40. The van der Waals surface area contributed by atoms with E-state index in [4.69, 9.17) is 0 Å². The second-order valence-corrected chi connectivity index (χ2v) is 7.74. The molecule has 1 atom stereocenters. The SMILES string of the molecule is CC(C)N1CC(C(=O)NCCNC(=O)CCN2C(=O)c3ccccc3C2=O)CC1=O. The molecule has 2 N–H and O–H groups in total. The summed E-state index contributed by atoms with van der Waals surface area (Å²) >= 11 is 0. The van der Waals surface area contributed by atoms with E-state index in [1.165, 1.54) is 0 Å². The Hall–Kier alpha value is -3.23. The van der Waals surface area contributed by atoms with Gasteiger partial charge in [0, 0.05) is 45.1 Å². The number of fused-ring (bicyclic) bond motifs is 1. The molecule has 1 aromatic rings. The van der Waals surface area contributed by atoms with Gasteiger partial charge < -0.3 is 15.5 Å². The molecule has 9 heteroatoms. The molecule has 3 rings (SSSR count). The molecule has 2 aliphatic heterocycles. The van der Waals surface area contributed by atoms with Gasteiger partial charge in [0.2, 0.25) is 17.7 Å². The molecule has 2 aliphatic rings. The van der Waals surface area contributed by atoms with Crippen LogP contribution in [0, 0.1) is 5.92 Å². The first-order valence-electron chi connectivity index (χ1n) is 10.1. The number of benzene rings is 1. The van der Waals surface area contributed by atoms with Gasteiger partial charge in [-0.25, -0.2) is 0 Å². The summed E-state index contributed by atoms with van der Waals surface area (Å²) in [6.07, 6.45) is 0.191. The molecule has 0 spiro atoms. The largest absolute Gasteiger partial charge is 0.354 e.